The van der Waals surface area contributed by atoms with E-state index in [1.165, 1.54) is 38.0 Å². The van der Waals surface area contributed by atoms with E-state index in [1.807, 2.05) is 115 Å². The van der Waals surface area contributed by atoms with Gasteiger partial charge in [-0.3, -0.25) is 0 Å². The molecule has 0 radical (unpaired) electrons. The number of carbonyl (C=O) groups is 2. The summed E-state index contributed by atoms with van der Waals surface area (Å²) < 4.78 is 32.4. The molecular weight excluding hydrogens is 743 g/mol. The van der Waals surface area contributed by atoms with Crippen LogP contribution in [0.3, 0.4) is 0 Å². The molecule has 0 bridgehead atoms. The average molecular weight is 784 g/mol. The number of aromatic nitrogens is 2. The first-order valence-corrected chi connectivity index (χ1v) is 18.8. The van der Waals surface area contributed by atoms with Crippen molar-refractivity contribution >= 4 is 31.4 Å². The van der Waals surface area contributed by atoms with Gasteiger partial charge in [-0.25, -0.2) is 0 Å². The molecule has 11 nitrogen and oxygen atoms in total. The maximum absolute atomic E-state index is 13.9. The Morgan fingerprint density at radius 2 is 1.28 bits per heavy atom. The molecule has 0 aliphatic carbocycles. The van der Waals surface area contributed by atoms with E-state index in [2.05, 4.69) is 4.98 Å². The molecule has 0 unspecified atom stereocenters. The van der Waals surface area contributed by atoms with Crippen molar-refractivity contribution in [2.45, 2.75) is 29.7 Å². The molecule has 0 amide bonds. The number of nitrogens with zero attached hydrogens (tertiary/aromatic N) is 1. The topological polar surface area (TPSA) is 135 Å². The summed E-state index contributed by atoms with van der Waals surface area (Å²) in [6.45, 7) is 1.34. The first kappa shape index (κ1) is 37.5. The molecule has 1 aliphatic heterocycles. The molecule has 53 heavy (non-hydrogen) atoms. The van der Waals surface area contributed by atoms with Crippen molar-refractivity contribution in [2.24, 2.45) is 11.3 Å². The Kier molecular flexibility index (Phi) is 11.4. The van der Waals surface area contributed by atoms with Crippen LogP contribution in [0.15, 0.2) is 137 Å². The predicted octanol–water partition coefficient (Wildman–Crippen LogP) is 4.24. The third-order valence-corrected chi connectivity index (χ3v) is 12.5. The number of rotatable bonds is 13. The molecule has 4 aromatic carbocycles. The van der Waals surface area contributed by atoms with Crippen molar-refractivity contribution in [3.05, 3.63) is 165 Å². The Morgan fingerprint density at radius 1 is 0.755 bits per heavy atom. The fraction of sp³-hybridized carbons (Fsp3) is 0.268. The van der Waals surface area contributed by atoms with Crippen LogP contribution in [-0.4, -0.2) is 70.5 Å². The number of methoxy groups -OCH3 is 3. The van der Waals surface area contributed by atoms with E-state index in [-0.39, 0.29) is 6.61 Å². The van der Waals surface area contributed by atoms with Gasteiger partial charge >= 0.3 is 314 Å². The van der Waals surface area contributed by atoms with Crippen molar-refractivity contribution in [2.75, 3.05) is 27.9 Å². The second-order valence-electron chi connectivity index (χ2n) is 12.6. The Morgan fingerprint density at radius 3 is 1.79 bits per heavy atom. The van der Waals surface area contributed by atoms with Gasteiger partial charge in [-0.1, -0.05) is 0 Å². The van der Waals surface area contributed by atoms with E-state index < -0.39 is 72.2 Å². The number of benzene rings is 4. The van der Waals surface area contributed by atoms with Crippen LogP contribution in [0.25, 0.3) is 0 Å². The number of carbonyl (C=O) groups excluding carboxylic acids is 2. The Bertz CT molecular complexity index is 2070. The molecule has 4 atom stereocenters. The molecule has 1 aliphatic rings. The number of hydrogen-bond donors (Lipinski definition) is 1. The zero-order valence-corrected chi connectivity index (χ0v) is 31.4. The molecule has 5 aromatic rings. The molecule has 1 aromatic heterocycles. The fourth-order valence-electron chi connectivity index (χ4n) is 7.12. The fourth-order valence-corrected chi connectivity index (χ4v) is 10.3. The molecule has 274 valence electrons. The van der Waals surface area contributed by atoms with E-state index in [9.17, 15) is 19.2 Å². The number of hydrogen-bond acceptors (Lipinski definition) is 9. The molecule has 1 fully saturated rings. The van der Waals surface area contributed by atoms with Gasteiger partial charge in [-0.2, -0.15) is 0 Å². The predicted molar refractivity (Wildman–Crippen MR) is 198 cm³/mol. The van der Waals surface area contributed by atoms with Gasteiger partial charge in [0.1, 0.15) is 0 Å². The molecule has 12 heteroatoms. The van der Waals surface area contributed by atoms with E-state index >= 15 is 0 Å². The number of esters is 2. The van der Waals surface area contributed by atoms with Gasteiger partial charge in [-0.15, -0.1) is 0 Å². The summed E-state index contributed by atoms with van der Waals surface area (Å²) in [6, 6.07) is 37.8. The van der Waals surface area contributed by atoms with Crippen LogP contribution in [0.2, 0.25) is 4.82 Å². The van der Waals surface area contributed by atoms with Gasteiger partial charge in [0.25, 0.3) is 0 Å². The SMILES string of the molecule is COC(=O)C(C)(C(=O)OC)[C@H]1[C@@H]([Se]c2ccccc2)[C@H](n2ccc(=O)[nH]c2=O)O[C@@H]1COC(c1ccccc1)(c1ccccc1)c1ccc(OC)cc1. The Balaban J connectivity index is 1.56. The second-order valence-corrected chi connectivity index (χ2v) is 15.3. The van der Waals surface area contributed by atoms with Crippen LogP contribution in [0.5, 0.6) is 5.75 Å². The first-order chi connectivity index (χ1) is 25.7. The standard InChI is InChI=1S/C41H40N2O9Se/c1-40(37(45)49-3,38(46)50-4)34-32(52-36(43-25-24-33(44)42-39(43)47)35(34)53-31-18-12-7-13-19-31)26-51-41(27-14-8-5-9-15-27,28-16-10-6-11-17-28)29-20-22-30(48-2)23-21-29/h5-25,32,34-36H,26H2,1-4H3,(H,42,44,47)/t32-,34-,35-,36-/m1/s1. The zero-order chi connectivity index (χ0) is 37.6. The van der Waals surface area contributed by atoms with E-state index in [0.29, 0.717) is 5.75 Å². The Hall–Kier alpha value is -5.26. The average Bonchev–Trinajstić information content (AvgIpc) is 3.56. The Labute approximate surface area is 313 Å². The minimum atomic E-state index is -1.90. The number of ether oxygens (including phenoxy) is 5. The molecule has 1 N–H and O–H groups in total. The van der Waals surface area contributed by atoms with Gasteiger partial charge < -0.3 is 0 Å². The van der Waals surface area contributed by atoms with E-state index in [0.717, 1.165) is 21.2 Å². The van der Waals surface area contributed by atoms with E-state index in [1.54, 1.807) is 7.11 Å². The van der Waals surface area contributed by atoms with Crippen molar-refractivity contribution in [1.82, 2.24) is 9.55 Å². The van der Waals surface area contributed by atoms with Crippen LogP contribution in [0.1, 0.15) is 29.8 Å². The van der Waals surface area contributed by atoms with Gasteiger partial charge in [0.05, 0.1) is 0 Å². The first-order valence-electron chi connectivity index (χ1n) is 16.9. The molecule has 0 spiro atoms. The third kappa shape index (κ3) is 7.23. The van der Waals surface area contributed by atoms with Gasteiger partial charge in [0.2, 0.25) is 0 Å². The summed E-state index contributed by atoms with van der Waals surface area (Å²) in [7, 11) is 4.03. The van der Waals surface area contributed by atoms with Crippen molar-refractivity contribution < 1.29 is 33.3 Å². The number of H-pyrrole nitrogens is 1. The van der Waals surface area contributed by atoms with Crippen LogP contribution < -0.4 is 20.4 Å². The molecule has 6 rings (SSSR count). The minimum absolute atomic E-state index is 0.153. The summed E-state index contributed by atoms with van der Waals surface area (Å²) >= 11 is -0.504. The zero-order valence-electron chi connectivity index (χ0n) is 29.7. The summed E-state index contributed by atoms with van der Waals surface area (Å²) in [5.74, 6) is -1.92. The van der Waals surface area contributed by atoms with Gasteiger partial charge in [-0.05, 0) is 0 Å². The third-order valence-electron chi connectivity index (χ3n) is 9.70. The maximum atomic E-state index is 13.9. The second kappa shape index (κ2) is 16.2. The van der Waals surface area contributed by atoms with Crippen LogP contribution in [0.4, 0.5) is 0 Å². The molecule has 1 saturated heterocycles. The van der Waals surface area contributed by atoms with Gasteiger partial charge in [0, 0.05) is 0 Å². The summed E-state index contributed by atoms with van der Waals surface area (Å²) in [4.78, 5) is 55.1. The van der Waals surface area contributed by atoms with E-state index in [4.69, 9.17) is 23.7 Å². The summed E-state index contributed by atoms with van der Waals surface area (Å²) in [6.07, 6.45) is -0.637. The van der Waals surface area contributed by atoms with Crippen LogP contribution in [-0.2, 0) is 34.1 Å². The van der Waals surface area contributed by atoms with Crippen molar-refractivity contribution in [1.29, 1.82) is 0 Å². The monoisotopic (exact) mass is 784 g/mol. The number of aromatic amines is 1. The summed E-state index contributed by atoms with van der Waals surface area (Å²) in [5.41, 5.74) is -1.98. The quantitative estimate of drug-likeness (QED) is 0.0806. The van der Waals surface area contributed by atoms with Crippen molar-refractivity contribution in [3.63, 3.8) is 0 Å². The normalized spacial score (nSPS) is 18.6. The van der Waals surface area contributed by atoms with Gasteiger partial charge in [0.15, 0.2) is 0 Å². The molecular formula is C41H40N2O9Se. The summed E-state index contributed by atoms with van der Waals surface area (Å²) in [5, 5.41) is 0. The number of nitrogens with one attached hydrogen (secondary N) is 1. The van der Waals surface area contributed by atoms with Crippen molar-refractivity contribution in [3.8, 4) is 5.75 Å². The molecule has 0 saturated carbocycles. The van der Waals surface area contributed by atoms with Crippen LogP contribution in [0, 0.1) is 11.3 Å². The van der Waals surface area contributed by atoms with Crippen LogP contribution >= 0.6 is 0 Å². The molecule has 2 heterocycles.